The van der Waals surface area contributed by atoms with Crippen LogP contribution < -0.4 is 0 Å². The van der Waals surface area contributed by atoms with Gasteiger partial charge in [-0.3, -0.25) is 9.59 Å². The molecular weight excluding hydrogens is 180 g/mol. The van der Waals surface area contributed by atoms with Crippen LogP contribution in [0.5, 0.6) is 0 Å². The maximum Gasteiger partial charge on any atom is 0.328 e. The van der Waals surface area contributed by atoms with Crippen molar-refractivity contribution >= 4 is 23.5 Å². The average Bonchev–Trinajstić information content (AvgIpc) is 1.82. The highest BCUT2D eigenvalue weighted by Gasteiger charge is 2.18. The fourth-order valence-corrected chi connectivity index (χ4v) is 0.678. The Morgan fingerprint density at radius 2 is 1.75 bits per heavy atom. The Labute approximate surface area is 77.0 Å². The Balaban J connectivity index is 3.83. The van der Waals surface area contributed by atoms with Gasteiger partial charge in [0.15, 0.2) is 0 Å². The van der Waals surface area contributed by atoms with Gasteiger partial charge in [-0.15, -0.1) is 11.6 Å². The van der Waals surface area contributed by atoms with Gasteiger partial charge in [0.1, 0.15) is 5.88 Å². The lowest BCUT2D eigenvalue weighted by molar-refractivity contribution is -0.159. The van der Waals surface area contributed by atoms with Crippen molar-refractivity contribution in [3.63, 3.8) is 0 Å². The molecular formula is C8H13ClO3. The Morgan fingerprint density at radius 1 is 1.25 bits per heavy atom. The molecule has 0 spiro atoms. The summed E-state index contributed by atoms with van der Waals surface area (Å²) in [7, 11) is 0. The molecule has 4 heteroatoms. The van der Waals surface area contributed by atoms with E-state index in [0.717, 1.165) is 0 Å². The highest BCUT2D eigenvalue weighted by Crippen LogP contribution is 2.18. The predicted molar refractivity (Wildman–Crippen MR) is 45.9 cm³/mol. The third-order valence-corrected chi connectivity index (χ3v) is 1.23. The van der Waals surface area contributed by atoms with E-state index in [1.807, 2.05) is 20.8 Å². The maximum absolute atomic E-state index is 10.9. The molecule has 0 aliphatic rings. The number of halogens is 1. The van der Waals surface area contributed by atoms with E-state index < -0.39 is 11.9 Å². The van der Waals surface area contributed by atoms with Crippen LogP contribution in [-0.2, 0) is 14.3 Å². The van der Waals surface area contributed by atoms with Crippen molar-refractivity contribution in [3.05, 3.63) is 0 Å². The van der Waals surface area contributed by atoms with Crippen LogP contribution in [0.4, 0.5) is 0 Å². The van der Waals surface area contributed by atoms with Crippen molar-refractivity contribution in [2.75, 3.05) is 5.88 Å². The first kappa shape index (κ1) is 11.4. The van der Waals surface area contributed by atoms with Crippen LogP contribution in [-0.4, -0.2) is 17.8 Å². The summed E-state index contributed by atoms with van der Waals surface area (Å²) >= 11 is 5.14. The van der Waals surface area contributed by atoms with Crippen LogP contribution in [0.25, 0.3) is 0 Å². The molecule has 0 aliphatic carbocycles. The molecule has 0 aromatic heterocycles. The summed E-state index contributed by atoms with van der Waals surface area (Å²) in [5.41, 5.74) is -0.163. The molecule has 0 fully saturated rings. The lowest BCUT2D eigenvalue weighted by Gasteiger charge is -2.15. The van der Waals surface area contributed by atoms with Gasteiger partial charge in [-0.2, -0.15) is 0 Å². The molecule has 0 aliphatic heterocycles. The Hall–Kier alpha value is -0.570. The summed E-state index contributed by atoms with van der Waals surface area (Å²) in [5, 5.41) is 0. The minimum atomic E-state index is -0.689. The SMILES string of the molecule is CC(C)(C)CC(=O)OC(=O)CCl. The van der Waals surface area contributed by atoms with Gasteiger partial charge in [0.25, 0.3) is 0 Å². The molecule has 0 amide bonds. The average molecular weight is 193 g/mol. The number of ether oxygens (including phenoxy) is 1. The van der Waals surface area contributed by atoms with Gasteiger partial charge in [0.05, 0.1) is 6.42 Å². The minimum absolute atomic E-state index is 0.163. The second kappa shape index (κ2) is 4.45. The smallest absolute Gasteiger partial charge is 0.328 e. The minimum Gasteiger partial charge on any atom is -0.392 e. The molecule has 0 N–H and O–H groups in total. The Morgan fingerprint density at radius 3 is 2.08 bits per heavy atom. The fourth-order valence-electron chi connectivity index (χ4n) is 0.623. The second-order valence-corrected chi connectivity index (χ2v) is 3.98. The molecule has 0 saturated carbocycles. The topological polar surface area (TPSA) is 43.4 Å². The van der Waals surface area contributed by atoms with Gasteiger partial charge >= 0.3 is 11.9 Å². The largest absolute Gasteiger partial charge is 0.392 e. The molecule has 0 radical (unpaired) electrons. The first-order chi connectivity index (χ1) is 5.35. The molecule has 0 heterocycles. The normalized spacial score (nSPS) is 11.0. The van der Waals surface area contributed by atoms with Crippen molar-refractivity contribution < 1.29 is 14.3 Å². The number of esters is 2. The molecule has 0 atom stereocenters. The van der Waals surface area contributed by atoms with E-state index in [1.54, 1.807) is 0 Å². The number of alkyl halides is 1. The van der Waals surface area contributed by atoms with Crippen LogP contribution in [0, 0.1) is 5.41 Å². The third kappa shape index (κ3) is 6.16. The molecule has 0 aromatic carbocycles. The number of carbonyl (C=O) groups is 2. The van der Waals surface area contributed by atoms with Crippen molar-refractivity contribution in [2.24, 2.45) is 5.41 Å². The molecule has 70 valence electrons. The van der Waals surface area contributed by atoms with Crippen LogP contribution in [0.1, 0.15) is 27.2 Å². The predicted octanol–water partition coefficient (Wildman–Crippen LogP) is 1.73. The number of hydrogen-bond donors (Lipinski definition) is 0. The quantitative estimate of drug-likeness (QED) is 0.380. The molecule has 0 aromatic rings. The Kier molecular flexibility index (Phi) is 4.24. The molecule has 0 bridgehead atoms. The Bertz CT molecular complexity index is 181. The zero-order valence-corrected chi connectivity index (χ0v) is 8.27. The van der Waals surface area contributed by atoms with E-state index in [1.165, 1.54) is 0 Å². The van der Waals surface area contributed by atoms with Crippen LogP contribution in [0.2, 0.25) is 0 Å². The van der Waals surface area contributed by atoms with E-state index in [0.29, 0.717) is 0 Å². The summed E-state index contributed by atoms with van der Waals surface area (Å²) in [4.78, 5) is 21.5. The lowest BCUT2D eigenvalue weighted by Crippen LogP contribution is -2.19. The molecule has 0 rings (SSSR count). The van der Waals surface area contributed by atoms with Crippen molar-refractivity contribution in [1.82, 2.24) is 0 Å². The van der Waals surface area contributed by atoms with Gasteiger partial charge in [-0.05, 0) is 5.41 Å². The van der Waals surface area contributed by atoms with Gasteiger partial charge in [0, 0.05) is 0 Å². The molecule has 12 heavy (non-hydrogen) atoms. The van der Waals surface area contributed by atoms with Gasteiger partial charge in [-0.25, -0.2) is 0 Å². The van der Waals surface area contributed by atoms with E-state index in [9.17, 15) is 9.59 Å². The number of hydrogen-bond acceptors (Lipinski definition) is 3. The van der Waals surface area contributed by atoms with Crippen molar-refractivity contribution in [2.45, 2.75) is 27.2 Å². The molecule has 0 saturated heterocycles. The zero-order chi connectivity index (χ0) is 9.78. The first-order valence-electron chi connectivity index (χ1n) is 3.64. The summed E-state index contributed by atoms with van der Waals surface area (Å²) in [6, 6.07) is 0. The number of carbonyl (C=O) groups excluding carboxylic acids is 2. The third-order valence-electron chi connectivity index (χ3n) is 1.01. The van der Waals surface area contributed by atoms with Gasteiger partial charge in [0.2, 0.25) is 0 Å². The number of rotatable bonds is 2. The zero-order valence-electron chi connectivity index (χ0n) is 7.52. The highest BCUT2D eigenvalue weighted by atomic mass is 35.5. The van der Waals surface area contributed by atoms with Crippen LogP contribution >= 0.6 is 11.6 Å². The van der Waals surface area contributed by atoms with E-state index in [4.69, 9.17) is 11.6 Å². The summed E-state index contributed by atoms with van der Waals surface area (Å²) in [5.74, 6) is -1.49. The summed E-state index contributed by atoms with van der Waals surface area (Å²) in [6.45, 7) is 5.66. The van der Waals surface area contributed by atoms with E-state index >= 15 is 0 Å². The summed E-state index contributed by atoms with van der Waals surface area (Å²) < 4.78 is 4.37. The van der Waals surface area contributed by atoms with Crippen molar-refractivity contribution in [1.29, 1.82) is 0 Å². The van der Waals surface area contributed by atoms with Crippen LogP contribution in [0.15, 0.2) is 0 Å². The van der Waals surface area contributed by atoms with E-state index in [-0.39, 0.29) is 17.7 Å². The lowest BCUT2D eigenvalue weighted by atomic mass is 9.93. The van der Waals surface area contributed by atoms with Gasteiger partial charge in [-0.1, -0.05) is 20.8 Å². The van der Waals surface area contributed by atoms with Crippen LogP contribution in [0.3, 0.4) is 0 Å². The highest BCUT2D eigenvalue weighted by molar-refractivity contribution is 6.27. The fraction of sp³-hybridized carbons (Fsp3) is 0.750. The maximum atomic E-state index is 10.9. The monoisotopic (exact) mass is 192 g/mol. The summed E-state index contributed by atoms with van der Waals surface area (Å²) in [6.07, 6.45) is 0.218. The van der Waals surface area contributed by atoms with E-state index in [2.05, 4.69) is 4.74 Å². The second-order valence-electron chi connectivity index (χ2n) is 3.72. The molecule has 0 unspecified atom stereocenters. The van der Waals surface area contributed by atoms with Gasteiger partial charge < -0.3 is 4.74 Å². The molecule has 3 nitrogen and oxygen atoms in total. The standard InChI is InChI=1S/C8H13ClO3/c1-8(2,3)4-6(10)12-7(11)5-9/h4-5H2,1-3H3. The van der Waals surface area contributed by atoms with Crippen molar-refractivity contribution in [3.8, 4) is 0 Å². The first-order valence-corrected chi connectivity index (χ1v) is 4.18.